The molecule has 0 aliphatic rings. The molecule has 0 amide bonds. The van der Waals surface area contributed by atoms with Gasteiger partial charge in [-0.25, -0.2) is 4.99 Å². The van der Waals surface area contributed by atoms with Crippen LogP contribution in [0.4, 0.5) is 32.0 Å². The molecule has 22 heavy (non-hydrogen) atoms. The second-order valence-corrected chi connectivity index (χ2v) is 6.96. The van der Waals surface area contributed by atoms with E-state index in [9.17, 15) is 30.6 Å². The van der Waals surface area contributed by atoms with Crippen LogP contribution in [-0.4, -0.2) is 28.1 Å². The molecule has 0 bridgehead atoms. The number of alkyl halides is 6. The third-order valence-electron chi connectivity index (χ3n) is 2.07. The minimum Gasteiger partial charge on any atom is -0.380 e. The summed E-state index contributed by atoms with van der Waals surface area (Å²) in [7, 11) is -2.50. The van der Waals surface area contributed by atoms with Crippen molar-refractivity contribution in [3.63, 3.8) is 0 Å². The van der Waals surface area contributed by atoms with Crippen LogP contribution in [-0.2, 0) is 10.8 Å². The molecule has 0 radical (unpaired) electrons. The summed E-state index contributed by atoms with van der Waals surface area (Å²) in [5.41, 5.74) is 4.37. The van der Waals surface area contributed by atoms with Gasteiger partial charge in [0.15, 0.2) is 0 Å². The van der Waals surface area contributed by atoms with Gasteiger partial charge >= 0.3 is 12.4 Å². The Morgan fingerprint density at radius 2 is 1.68 bits per heavy atom. The Bertz CT molecular complexity index is 629. The lowest BCUT2D eigenvalue weighted by atomic mass is 10.3. The Hall–Kier alpha value is -0.620. The summed E-state index contributed by atoms with van der Waals surface area (Å²) < 4.78 is 85.5. The van der Waals surface area contributed by atoms with Crippen LogP contribution < -0.4 is 5.73 Å². The van der Waals surface area contributed by atoms with Crippen LogP contribution in [0.1, 0.15) is 0 Å². The van der Waals surface area contributed by atoms with Crippen molar-refractivity contribution in [2.45, 2.75) is 17.2 Å². The summed E-state index contributed by atoms with van der Waals surface area (Å²) in [4.78, 5) is 2.76. The summed E-state index contributed by atoms with van der Waals surface area (Å²) in [5.74, 6) is -3.31. The molecule has 0 aromatic heterocycles. The molecule has 2 N–H and O–H groups in total. The Kier molecular flexibility index (Phi) is 6.07. The standard InChI is InChI=1S/C10H6Br2F6N2OS/c11-4-1-5(12)7(22(21)3-9(13,14)15)2-6(4)20-8(19)10(16,17)18/h1-2H,3H2,(H2,19,20). The third kappa shape index (κ3) is 5.54. The molecule has 1 atom stereocenters. The van der Waals surface area contributed by atoms with E-state index in [4.69, 9.17) is 5.73 Å². The zero-order valence-electron chi connectivity index (χ0n) is 10.2. The zero-order chi connectivity index (χ0) is 17.3. The maximum atomic E-state index is 12.3. The molecule has 3 nitrogen and oxygen atoms in total. The van der Waals surface area contributed by atoms with Gasteiger partial charge < -0.3 is 5.73 Å². The number of rotatable bonds is 3. The molecule has 0 saturated heterocycles. The highest BCUT2D eigenvalue weighted by atomic mass is 79.9. The number of hydrogen-bond acceptors (Lipinski definition) is 2. The molecule has 0 aliphatic carbocycles. The van der Waals surface area contributed by atoms with Crippen molar-refractivity contribution in [2.24, 2.45) is 10.7 Å². The van der Waals surface area contributed by atoms with Gasteiger partial charge in [-0.1, -0.05) is 0 Å². The van der Waals surface area contributed by atoms with Gasteiger partial charge in [0.25, 0.3) is 0 Å². The van der Waals surface area contributed by atoms with Gasteiger partial charge in [-0.05, 0) is 44.0 Å². The average Bonchev–Trinajstić information content (AvgIpc) is 2.28. The summed E-state index contributed by atoms with van der Waals surface area (Å²) in [6, 6.07) is 1.99. The van der Waals surface area contributed by atoms with Gasteiger partial charge in [0.2, 0.25) is 5.84 Å². The van der Waals surface area contributed by atoms with Crippen molar-refractivity contribution in [3.05, 3.63) is 21.1 Å². The van der Waals surface area contributed by atoms with Crippen LogP contribution in [0.5, 0.6) is 0 Å². The van der Waals surface area contributed by atoms with Crippen molar-refractivity contribution in [2.75, 3.05) is 5.75 Å². The van der Waals surface area contributed by atoms with Gasteiger partial charge in [-0.15, -0.1) is 0 Å². The Balaban J connectivity index is 3.29. The minimum absolute atomic E-state index is 0.0338. The van der Waals surface area contributed by atoms with Crippen LogP contribution in [0.3, 0.4) is 0 Å². The summed E-state index contributed by atoms with van der Waals surface area (Å²) in [6.07, 6.45) is -9.58. The first-order valence-electron chi connectivity index (χ1n) is 5.17. The molecule has 124 valence electrons. The van der Waals surface area contributed by atoms with E-state index in [1.807, 2.05) is 0 Å². The first-order valence-corrected chi connectivity index (χ1v) is 8.07. The number of nitrogens with zero attached hydrogens (tertiary/aromatic N) is 1. The number of amidine groups is 1. The van der Waals surface area contributed by atoms with Crippen LogP contribution in [0, 0.1) is 0 Å². The average molecular weight is 476 g/mol. The van der Waals surface area contributed by atoms with Crippen LogP contribution >= 0.6 is 31.9 Å². The van der Waals surface area contributed by atoms with Crippen molar-refractivity contribution in [1.82, 2.24) is 0 Å². The van der Waals surface area contributed by atoms with E-state index in [-0.39, 0.29) is 19.5 Å². The quantitative estimate of drug-likeness (QED) is 0.399. The molecular formula is C10H6Br2F6N2OS. The summed E-state index contributed by atoms with van der Waals surface area (Å²) in [6.45, 7) is 0. The van der Waals surface area contributed by atoms with E-state index >= 15 is 0 Å². The second-order valence-electron chi connectivity index (χ2n) is 3.83. The predicted molar refractivity (Wildman–Crippen MR) is 76.5 cm³/mol. The second kappa shape index (κ2) is 6.87. The predicted octanol–water partition coefficient (Wildman–Crippen LogP) is 4.43. The highest BCUT2D eigenvalue weighted by Crippen LogP contribution is 2.35. The zero-order valence-corrected chi connectivity index (χ0v) is 14.2. The number of aliphatic imine (C=N–C) groups is 1. The van der Waals surface area contributed by atoms with E-state index in [0.29, 0.717) is 0 Å². The van der Waals surface area contributed by atoms with E-state index < -0.39 is 34.7 Å². The lowest BCUT2D eigenvalue weighted by Gasteiger charge is -2.11. The molecule has 1 unspecified atom stereocenters. The van der Waals surface area contributed by atoms with Gasteiger partial charge in [0.05, 0.1) is 21.4 Å². The van der Waals surface area contributed by atoms with Crippen molar-refractivity contribution in [3.8, 4) is 0 Å². The van der Waals surface area contributed by atoms with Crippen LogP contribution in [0.15, 0.2) is 31.0 Å². The molecule has 0 saturated carbocycles. The van der Waals surface area contributed by atoms with Gasteiger partial charge in [-0.3, -0.25) is 4.21 Å². The maximum Gasteiger partial charge on any atom is 0.448 e. The Labute approximate surface area is 139 Å². The van der Waals surface area contributed by atoms with E-state index in [2.05, 4.69) is 36.9 Å². The van der Waals surface area contributed by atoms with Gasteiger partial charge in [-0.2, -0.15) is 26.3 Å². The van der Waals surface area contributed by atoms with E-state index in [1.54, 1.807) is 0 Å². The number of nitrogens with two attached hydrogens (primary N) is 1. The van der Waals surface area contributed by atoms with Crippen molar-refractivity contribution >= 4 is 54.2 Å². The molecule has 1 aromatic carbocycles. The molecule has 12 heteroatoms. The van der Waals surface area contributed by atoms with E-state index in [1.165, 1.54) is 0 Å². The molecule has 0 spiro atoms. The molecule has 1 rings (SSSR count). The van der Waals surface area contributed by atoms with E-state index in [0.717, 1.165) is 12.1 Å². The Morgan fingerprint density at radius 1 is 1.14 bits per heavy atom. The lowest BCUT2D eigenvalue weighted by Crippen LogP contribution is -2.30. The molecule has 0 aliphatic heterocycles. The van der Waals surface area contributed by atoms with Crippen LogP contribution in [0.2, 0.25) is 0 Å². The van der Waals surface area contributed by atoms with Crippen molar-refractivity contribution in [1.29, 1.82) is 0 Å². The number of hydrogen-bond donors (Lipinski definition) is 1. The molecule has 0 heterocycles. The van der Waals surface area contributed by atoms with Gasteiger partial charge in [0, 0.05) is 8.95 Å². The van der Waals surface area contributed by atoms with Crippen molar-refractivity contribution < 1.29 is 30.6 Å². The number of halogens is 8. The summed E-state index contributed by atoms with van der Waals surface area (Å²) >= 11 is 5.81. The molecular weight excluding hydrogens is 470 g/mol. The molecule has 0 fully saturated rings. The first kappa shape index (κ1) is 19.4. The maximum absolute atomic E-state index is 12.3. The van der Waals surface area contributed by atoms with Crippen LogP contribution in [0.25, 0.3) is 0 Å². The lowest BCUT2D eigenvalue weighted by molar-refractivity contribution is -0.105. The normalized spacial score (nSPS) is 15.0. The fourth-order valence-corrected chi connectivity index (χ4v) is 3.79. The number of benzene rings is 1. The SMILES string of the molecule is NC(=Nc1cc(S(=O)CC(F)(F)F)c(Br)cc1Br)C(F)(F)F. The highest BCUT2D eigenvalue weighted by molar-refractivity contribution is 9.11. The largest absolute Gasteiger partial charge is 0.448 e. The monoisotopic (exact) mass is 474 g/mol. The topological polar surface area (TPSA) is 55.4 Å². The smallest absolute Gasteiger partial charge is 0.380 e. The Morgan fingerprint density at radius 3 is 2.14 bits per heavy atom. The highest BCUT2D eigenvalue weighted by Gasteiger charge is 2.34. The fourth-order valence-electron chi connectivity index (χ4n) is 1.20. The van der Waals surface area contributed by atoms with Gasteiger partial charge in [0.1, 0.15) is 5.75 Å². The third-order valence-corrected chi connectivity index (χ3v) is 5.04. The minimum atomic E-state index is -4.89. The first-order chi connectivity index (χ1) is 9.81. The summed E-state index contributed by atoms with van der Waals surface area (Å²) in [5, 5.41) is 0. The fraction of sp³-hybridized carbons (Fsp3) is 0.300. The molecule has 1 aromatic rings.